The molecule has 2 amide bonds. The van der Waals surface area contributed by atoms with Gasteiger partial charge in [-0.15, -0.1) is 11.3 Å². The molecule has 162 valence electrons. The molecule has 4 N–H and O–H groups in total. The number of rotatable bonds is 6. The fourth-order valence-electron chi connectivity index (χ4n) is 3.56. The van der Waals surface area contributed by atoms with Crippen LogP contribution < -0.4 is 11.1 Å². The van der Waals surface area contributed by atoms with Crippen LogP contribution in [0.1, 0.15) is 37.9 Å². The first-order valence-corrected chi connectivity index (χ1v) is 10.8. The number of nitrogens with zero attached hydrogens (tertiary/aromatic N) is 2. The maximum absolute atomic E-state index is 14.7. The van der Waals surface area contributed by atoms with E-state index in [1.165, 1.54) is 16.2 Å². The SMILES string of the molecule is Cc1ncsc1-c1ccc(CNC(=O)C2CCCN2C(=O)C(N)C(C)C)c(O)c1F. The van der Waals surface area contributed by atoms with E-state index in [1.807, 2.05) is 13.8 Å². The normalized spacial score (nSPS) is 17.4. The molecule has 0 spiro atoms. The molecule has 1 aromatic carbocycles. The lowest BCUT2D eigenvalue weighted by Crippen LogP contribution is -2.52. The van der Waals surface area contributed by atoms with E-state index in [2.05, 4.69) is 10.3 Å². The Labute approximate surface area is 179 Å². The van der Waals surface area contributed by atoms with Gasteiger partial charge in [0.25, 0.3) is 0 Å². The van der Waals surface area contributed by atoms with Gasteiger partial charge in [-0.2, -0.15) is 0 Å². The van der Waals surface area contributed by atoms with Crippen molar-refractivity contribution in [1.82, 2.24) is 15.2 Å². The number of hydrogen-bond donors (Lipinski definition) is 3. The van der Waals surface area contributed by atoms with Crippen LogP contribution in [0, 0.1) is 18.7 Å². The van der Waals surface area contributed by atoms with Crippen molar-refractivity contribution in [2.75, 3.05) is 6.54 Å². The van der Waals surface area contributed by atoms with Crippen LogP contribution in [0.2, 0.25) is 0 Å². The highest BCUT2D eigenvalue weighted by atomic mass is 32.1. The van der Waals surface area contributed by atoms with Crippen LogP contribution in [0.4, 0.5) is 4.39 Å². The number of hydrogen-bond acceptors (Lipinski definition) is 6. The smallest absolute Gasteiger partial charge is 0.243 e. The number of benzene rings is 1. The van der Waals surface area contributed by atoms with Crippen LogP contribution in [0.15, 0.2) is 17.6 Å². The van der Waals surface area contributed by atoms with Crippen molar-refractivity contribution in [3.63, 3.8) is 0 Å². The van der Waals surface area contributed by atoms with Crippen LogP contribution in [-0.2, 0) is 16.1 Å². The number of likely N-dealkylation sites (tertiary alicyclic amines) is 1. The Morgan fingerprint density at radius 2 is 2.17 bits per heavy atom. The third-order valence-electron chi connectivity index (χ3n) is 5.48. The Kier molecular flexibility index (Phi) is 6.72. The number of aromatic hydroxyl groups is 1. The van der Waals surface area contributed by atoms with Crippen LogP contribution in [0.5, 0.6) is 5.75 Å². The van der Waals surface area contributed by atoms with Crippen LogP contribution in [-0.4, -0.2) is 45.4 Å². The number of amides is 2. The second kappa shape index (κ2) is 9.09. The monoisotopic (exact) mass is 434 g/mol. The Balaban J connectivity index is 1.69. The fourth-order valence-corrected chi connectivity index (χ4v) is 4.39. The molecule has 0 radical (unpaired) electrons. The van der Waals surface area contributed by atoms with E-state index >= 15 is 0 Å². The zero-order valence-electron chi connectivity index (χ0n) is 17.3. The van der Waals surface area contributed by atoms with E-state index in [4.69, 9.17) is 5.73 Å². The number of phenolic OH excluding ortho intramolecular Hbond substituents is 1. The van der Waals surface area contributed by atoms with E-state index < -0.39 is 23.7 Å². The molecule has 1 aliphatic heterocycles. The fraction of sp³-hybridized carbons (Fsp3) is 0.476. The van der Waals surface area contributed by atoms with E-state index in [1.54, 1.807) is 24.6 Å². The van der Waals surface area contributed by atoms with Gasteiger partial charge in [-0.05, 0) is 31.7 Å². The van der Waals surface area contributed by atoms with Crippen molar-refractivity contribution in [3.8, 4) is 16.2 Å². The number of aryl methyl sites for hydroxylation is 1. The molecule has 3 rings (SSSR count). The van der Waals surface area contributed by atoms with E-state index in [9.17, 15) is 19.1 Å². The lowest BCUT2D eigenvalue weighted by Gasteiger charge is -2.28. The Bertz CT molecular complexity index is 946. The van der Waals surface area contributed by atoms with Crippen molar-refractivity contribution in [2.24, 2.45) is 11.7 Å². The molecule has 2 unspecified atom stereocenters. The minimum atomic E-state index is -0.741. The molecule has 1 aromatic heterocycles. The maximum Gasteiger partial charge on any atom is 0.243 e. The zero-order chi connectivity index (χ0) is 22.0. The highest BCUT2D eigenvalue weighted by molar-refractivity contribution is 7.13. The molecule has 0 bridgehead atoms. The largest absolute Gasteiger partial charge is 0.505 e. The van der Waals surface area contributed by atoms with Gasteiger partial charge in [0.05, 0.1) is 22.1 Å². The quantitative estimate of drug-likeness (QED) is 0.648. The number of thiazole rings is 1. The Morgan fingerprint density at radius 1 is 1.43 bits per heavy atom. The second-order valence-electron chi connectivity index (χ2n) is 7.88. The van der Waals surface area contributed by atoms with Crippen molar-refractivity contribution in [2.45, 2.75) is 52.2 Å². The van der Waals surface area contributed by atoms with Crippen molar-refractivity contribution >= 4 is 23.2 Å². The number of nitrogens with two attached hydrogens (primary N) is 1. The number of aromatic nitrogens is 1. The van der Waals surface area contributed by atoms with Crippen LogP contribution in [0.25, 0.3) is 10.4 Å². The molecular weight excluding hydrogens is 407 g/mol. The standard InChI is InChI=1S/C21H27FN4O3S/c1-11(2)17(23)21(29)26-8-4-5-15(26)20(28)24-9-13-6-7-14(16(22)18(13)27)19-12(3)25-10-30-19/h6-7,10-11,15,17,27H,4-5,8-9,23H2,1-3H3,(H,24,28). The maximum atomic E-state index is 14.7. The molecule has 1 fully saturated rings. The highest BCUT2D eigenvalue weighted by Crippen LogP contribution is 2.35. The molecule has 9 heteroatoms. The number of nitrogens with one attached hydrogen (secondary N) is 1. The third kappa shape index (κ3) is 4.32. The summed E-state index contributed by atoms with van der Waals surface area (Å²) < 4.78 is 14.7. The van der Waals surface area contributed by atoms with Crippen molar-refractivity contribution in [1.29, 1.82) is 0 Å². The molecule has 2 atom stereocenters. The summed E-state index contributed by atoms with van der Waals surface area (Å²) in [5.74, 6) is -1.83. The summed E-state index contributed by atoms with van der Waals surface area (Å²) in [6.07, 6.45) is 1.27. The van der Waals surface area contributed by atoms with E-state index in [-0.39, 0.29) is 35.4 Å². The van der Waals surface area contributed by atoms with Gasteiger partial charge < -0.3 is 21.1 Å². The zero-order valence-corrected chi connectivity index (χ0v) is 18.1. The van der Waals surface area contributed by atoms with E-state index in [0.29, 0.717) is 23.5 Å². The van der Waals surface area contributed by atoms with Gasteiger partial charge in [0.2, 0.25) is 11.8 Å². The van der Waals surface area contributed by atoms with Crippen LogP contribution in [0.3, 0.4) is 0 Å². The number of halogens is 1. The topological polar surface area (TPSA) is 109 Å². The minimum Gasteiger partial charge on any atom is -0.505 e. The molecule has 1 aliphatic rings. The summed E-state index contributed by atoms with van der Waals surface area (Å²) in [7, 11) is 0. The average Bonchev–Trinajstić information content (AvgIpc) is 3.37. The lowest BCUT2D eigenvalue weighted by molar-refractivity contribution is -0.140. The number of carbonyl (C=O) groups is 2. The minimum absolute atomic E-state index is 0.0255. The summed E-state index contributed by atoms with van der Waals surface area (Å²) in [6, 6.07) is 1.90. The molecule has 1 saturated heterocycles. The Morgan fingerprint density at radius 3 is 2.80 bits per heavy atom. The number of phenols is 1. The molecule has 7 nitrogen and oxygen atoms in total. The summed E-state index contributed by atoms with van der Waals surface area (Å²) in [4.78, 5) is 31.6. The lowest BCUT2D eigenvalue weighted by atomic mass is 10.0. The predicted octanol–water partition coefficient (Wildman–Crippen LogP) is 2.55. The molecular formula is C21H27FN4O3S. The molecule has 2 aromatic rings. The van der Waals surface area contributed by atoms with Crippen molar-refractivity contribution < 1.29 is 19.1 Å². The summed E-state index contributed by atoms with van der Waals surface area (Å²) >= 11 is 1.29. The van der Waals surface area contributed by atoms with Crippen molar-refractivity contribution in [3.05, 3.63) is 34.7 Å². The highest BCUT2D eigenvalue weighted by Gasteiger charge is 2.36. The van der Waals surface area contributed by atoms with Gasteiger partial charge in [-0.25, -0.2) is 9.37 Å². The van der Waals surface area contributed by atoms with E-state index in [0.717, 1.165) is 6.42 Å². The van der Waals surface area contributed by atoms with Gasteiger partial charge in [0, 0.05) is 24.2 Å². The molecule has 0 saturated carbocycles. The second-order valence-corrected chi connectivity index (χ2v) is 8.73. The van der Waals surface area contributed by atoms with Gasteiger partial charge in [0.1, 0.15) is 6.04 Å². The van der Waals surface area contributed by atoms with Gasteiger partial charge in [-0.3, -0.25) is 9.59 Å². The molecule has 2 heterocycles. The average molecular weight is 435 g/mol. The summed E-state index contributed by atoms with van der Waals surface area (Å²) in [6.45, 7) is 5.94. The first-order chi connectivity index (χ1) is 14.2. The third-order valence-corrected chi connectivity index (χ3v) is 6.45. The first-order valence-electron chi connectivity index (χ1n) is 9.97. The summed E-state index contributed by atoms with van der Waals surface area (Å²) in [5, 5.41) is 13.0. The molecule has 0 aliphatic carbocycles. The molecule has 30 heavy (non-hydrogen) atoms. The predicted molar refractivity (Wildman–Crippen MR) is 113 cm³/mol. The summed E-state index contributed by atoms with van der Waals surface area (Å²) in [5.41, 5.74) is 8.81. The van der Waals surface area contributed by atoms with Gasteiger partial charge in [-0.1, -0.05) is 19.9 Å². The Hall–Kier alpha value is -2.52. The van der Waals surface area contributed by atoms with Gasteiger partial charge in [0.15, 0.2) is 11.6 Å². The number of carbonyl (C=O) groups excluding carboxylic acids is 2. The van der Waals surface area contributed by atoms with Gasteiger partial charge >= 0.3 is 0 Å². The van der Waals surface area contributed by atoms with Crippen LogP contribution >= 0.6 is 11.3 Å². The first kappa shape index (κ1) is 22.2.